The normalized spacial score (nSPS) is 55.6. The summed E-state index contributed by atoms with van der Waals surface area (Å²) in [5.41, 5.74) is 2.80. The third-order valence-corrected chi connectivity index (χ3v) is 3.90. The molecule has 0 saturated heterocycles. The van der Waals surface area contributed by atoms with Crippen LogP contribution in [0.4, 0.5) is 0 Å². The molecule has 0 aromatic rings. The predicted octanol–water partition coefficient (Wildman–Crippen LogP) is 2.38. The van der Waals surface area contributed by atoms with Crippen molar-refractivity contribution in [1.82, 2.24) is 0 Å². The Bertz CT molecular complexity index is 202. The van der Waals surface area contributed by atoms with E-state index in [1.54, 1.807) is 0 Å². The van der Waals surface area contributed by atoms with Gasteiger partial charge in [0.1, 0.15) is 0 Å². The first kappa shape index (κ1) is 5.17. The van der Waals surface area contributed by atoms with E-state index >= 15 is 0 Å². The quantitative estimate of drug-likeness (QED) is 0.474. The summed E-state index contributed by atoms with van der Waals surface area (Å²) in [6, 6.07) is 0. The van der Waals surface area contributed by atoms with Gasteiger partial charge in [0, 0.05) is 0 Å². The lowest BCUT2D eigenvalue weighted by atomic mass is 9.70. The largest absolute Gasteiger partial charge is 0.0953 e. The SMILES string of the molecule is C=C1C(=C)C2C3CCC2C13. The summed E-state index contributed by atoms with van der Waals surface area (Å²) >= 11 is 0. The van der Waals surface area contributed by atoms with Crippen molar-refractivity contribution >= 4 is 0 Å². The van der Waals surface area contributed by atoms with Gasteiger partial charge >= 0.3 is 0 Å². The molecule has 5 rings (SSSR count). The van der Waals surface area contributed by atoms with Gasteiger partial charge in [-0.25, -0.2) is 0 Å². The van der Waals surface area contributed by atoms with Crippen LogP contribution in [0, 0.1) is 23.7 Å². The molecular weight excluding hydrogens is 120 g/mol. The summed E-state index contributed by atoms with van der Waals surface area (Å²) in [6.45, 7) is 8.20. The third-order valence-electron chi connectivity index (χ3n) is 3.90. The molecular formula is C10H12. The fourth-order valence-corrected chi connectivity index (χ4v) is 3.50. The van der Waals surface area contributed by atoms with Crippen LogP contribution in [-0.4, -0.2) is 0 Å². The van der Waals surface area contributed by atoms with Gasteiger partial charge in [0.05, 0.1) is 0 Å². The first-order chi connectivity index (χ1) is 4.80. The Hall–Kier alpha value is -0.520. The van der Waals surface area contributed by atoms with Crippen LogP contribution in [0.3, 0.4) is 0 Å². The van der Waals surface area contributed by atoms with Crippen LogP contribution in [0.5, 0.6) is 0 Å². The standard InChI is InChI=1S/C10H12/c1-5-6(2)10-7-3-4-8(10)9(5)7/h7-10H,1-4H2. The van der Waals surface area contributed by atoms with Gasteiger partial charge in [-0.3, -0.25) is 0 Å². The first-order valence-corrected chi connectivity index (χ1v) is 4.18. The molecule has 0 aliphatic heterocycles. The van der Waals surface area contributed by atoms with Crippen LogP contribution in [0.1, 0.15) is 12.8 Å². The highest BCUT2D eigenvalue weighted by atomic mass is 14.7. The van der Waals surface area contributed by atoms with Gasteiger partial charge in [-0.2, -0.15) is 0 Å². The fraction of sp³-hybridized carbons (Fsp3) is 0.600. The second-order valence-electron chi connectivity index (χ2n) is 4.01. The summed E-state index contributed by atoms with van der Waals surface area (Å²) in [5, 5.41) is 0. The monoisotopic (exact) mass is 132 g/mol. The Morgan fingerprint density at radius 1 is 0.900 bits per heavy atom. The first-order valence-electron chi connectivity index (χ1n) is 4.18. The van der Waals surface area contributed by atoms with E-state index in [0.717, 1.165) is 23.7 Å². The van der Waals surface area contributed by atoms with Crippen LogP contribution in [0.15, 0.2) is 24.3 Å². The van der Waals surface area contributed by atoms with Crippen LogP contribution < -0.4 is 0 Å². The van der Waals surface area contributed by atoms with Gasteiger partial charge in [-0.1, -0.05) is 13.2 Å². The topological polar surface area (TPSA) is 0 Å². The smallest absolute Gasteiger partial charge is 0.00966 e. The molecule has 5 saturated carbocycles. The molecule has 0 amide bonds. The zero-order valence-electron chi connectivity index (χ0n) is 6.14. The fourth-order valence-electron chi connectivity index (χ4n) is 3.50. The van der Waals surface area contributed by atoms with Crippen molar-refractivity contribution in [2.24, 2.45) is 23.7 Å². The lowest BCUT2D eigenvalue weighted by molar-refractivity contribution is 0.165. The van der Waals surface area contributed by atoms with E-state index in [1.165, 1.54) is 24.0 Å². The molecule has 4 bridgehead atoms. The molecule has 5 fully saturated rings. The minimum absolute atomic E-state index is 0.887. The highest BCUT2D eigenvalue weighted by Gasteiger charge is 2.62. The van der Waals surface area contributed by atoms with Crippen molar-refractivity contribution in [2.45, 2.75) is 12.8 Å². The Morgan fingerprint density at radius 3 is 1.60 bits per heavy atom. The zero-order valence-corrected chi connectivity index (χ0v) is 6.14. The molecule has 52 valence electrons. The number of fused-ring (bicyclic) bond motifs is 2. The molecule has 0 N–H and O–H groups in total. The van der Waals surface area contributed by atoms with Gasteiger partial charge < -0.3 is 0 Å². The molecule has 0 heterocycles. The molecule has 0 nitrogen and oxygen atoms in total. The van der Waals surface area contributed by atoms with E-state index < -0.39 is 0 Å². The van der Waals surface area contributed by atoms with Crippen molar-refractivity contribution in [2.75, 3.05) is 0 Å². The summed E-state index contributed by atoms with van der Waals surface area (Å²) in [4.78, 5) is 0. The summed E-state index contributed by atoms with van der Waals surface area (Å²) < 4.78 is 0. The summed E-state index contributed by atoms with van der Waals surface area (Å²) in [7, 11) is 0. The van der Waals surface area contributed by atoms with Crippen LogP contribution >= 0.6 is 0 Å². The number of hydrogen-bond donors (Lipinski definition) is 0. The van der Waals surface area contributed by atoms with Crippen LogP contribution in [0.25, 0.3) is 0 Å². The molecule has 0 unspecified atom stereocenters. The molecule has 5 aliphatic carbocycles. The maximum Gasteiger partial charge on any atom is -0.00966 e. The second kappa shape index (κ2) is 1.25. The number of allylic oxidation sites excluding steroid dienone is 2. The molecule has 10 heavy (non-hydrogen) atoms. The van der Waals surface area contributed by atoms with Crippen molar-refractivity contribution in [1.29, 1.82) is 0 Å². The number of rotatable bonds is 0. The molecule has 0 aromatic carbocycles. The van der Waals surface area contributed by atoms with Gasteiger partial charge in [0.25, 0.3) is 0 Å². The van der Waals surface area contributed by atoms with Gasteiger partial charge in [0.2, 0.25) is 0 Å². The molecule has 0 spiro atoms. The summed E-state index contributed by atoms with van der Waals surface area (Å²) in [6.07, 6.45) is 2.91. The molecule has 5 aliphatic rings. The maximum atomic E-state index is 4.10. The lowest BCUT2D eigenvalue weighted by Crippen LogP contribution is -2.30. The number of hydrogen-bond acceptors (Lipinski definition) is 0. The van der Waals surface area contributed by atoms with Crippen molar-refractivity contribution < 1.29 is 0 Å². The zero-order chi connectivity index (χ0) is 6.88. The van der Waals surface area contributed by atoms with Gasteiger partial charge in [-0.15, -0.1) is 0 Å². The van der Waals surface area contributed by atoms with Crippen LogP contribution in [-0.2, 0) is 0 Å². The Morgan fingerprint density at radius 2 is 1.30 bits per heavy atom. The van der Waals surface area contributed by atoms with Crippen LogP contribution in [0.2, 0.25) is 0 Å². The predicted molar refractivity (Wildman–Crippen MR) is 41.5 cm³/mol. The Balaban J connectivity index is 2.15. The van der Waals surface area contributed by atoms with Gasteiger partial charge in [-0.05, 0) is 47.7 Å². The lowest BCUT2D eigenvalue weighted by Gasteiger charge is -2.33. The molecule has 0 aromatic heterocycles. The summed E-state index contributed by atoms with van der Waals surface area (Å²) in [5.74, 6) is 3.75. The third kappa shape index (κ3) is 0.298. The second-order valence-corrected chi connectivity index (χ2v) is 4.01. The average Bonchev–Trinajstić information content (AvgIpc) is 2.48. The van der Waals surface area contributed by atoms with Crippen molar-refractivity contribution in [3.63, 3.8) is 0 Å². The highest BCUT2D eigenvalue weighted by Crippen LogP contribution is 2.70. The Labute approximate surface area is 61.6 Å². The minimum atomic E-state index is 0.887. The van der Waals surface area contributed by atoms with E-state index in [0.29, 0.717) is 0 Å². The van der Waals surface area contributed by atoms with Crippen molar-refractivity contribution in [3.05, 3.63) is 24.3 Å². The average molecular weight is 132 g/mol. The highest BCUT2D eigenvalue weighted by molar-refractivity contribution is 5.47. The maximum absolute atomic E-state index is 4.10. The van der Waals surface area contributed by atoms with E-state index in [-0.39, 0.29) is 0 Å². The van der Waals surface area contributed by atoms with Crippen molar-refractivity contribution in [3.8, 4) is 0 Å². The van der Waals surface area contributed by atoms with E-state index in [2.05, 4.69) is 13.2 Å². The van der Waals surface area contributed by atoms with E-state index in [4.69, 9.17) is 0 Å². The Kier molecular flexibility index (Phi) is 0.647. The van der Waals surface area contributed by atoms with Gasteiger partial charge in [0.15, 0.2) is 0 Å². The molecule has 0 atom stereocenters. The minimum Gasteiger partial charge on any atom is -0.0953 e. The van der Waals surface area contributed by atoms with E-state index in [1.807, 2.05) is 0 Å². The van der Waals surface area contributed by atoms with E-state index in [9.17, 15) is 0 Å². The molecule has 0 heteroatoms. The molecule has 0 radical (unpaired) electrons.